The van der Waals surface area contributed by atoms with Crippen molar-refractivity contribution in [3.63, 3.8) is 0 Å². The molecule has 12 nitrogen and oxygen atoms in total. The minimum Gasteiger partial charge on any atom is -2.00 e. The van der Waals surface area contributed by atoms with Crippen LogP contribution in [-0.4, -0.2) is 64.8 Å². The molecule has 0 saturated carbocycles. The van der Waals surface area contributed by atoms with Crippen molar-refractivity contribution in [2.45, 2.75) is 99.9 Å². The van der Waals surface area contributed by atoms with Gasteiger partial charge in [0.2, 0.25) is 0 Å². The first-order valence-corrected chi connectivity index (χ1v) is 12.2. The summed E-state index contributed by atoms with van der Waals surface area (Å²) < 4.78 is 42.6. The van der Waals surface area contributed by atoms with Crippen LogP contribution in [0.5, 0.6) is 0 Å². The maximum Gasteiger partial charge on any atom is 3.00 e. The summed E-state index contributed by atoms with van der Waals surface area (Å²) in [7, 11) is -4.64. The summed E-state index contributed by atoms with van der Waals surface area (Å²) in [4.78, 5) is 0. The third kappa shape index (κ3) is 93.9. The summed E-state index contributed by atoms with van der Waals surface area (Å²) in [6.45, 7) is 16.9. The van der Waals surface area contributed by atoms with Crippen LogP contribution in [0.2, 0.25) is 0 Å². The Morgan fingerprint density at radius 1 is 0.647 bits per heavy atom. The summed E-state index contributed by atoms with van der Waals surface area (Å²) in [5, 5.41) is 29.7. The molecule has 0 bridgehead atoms. The first-order chi connectivity index (χ1) is 13.4. The summed E-state index contributed by atoms with van der Waals surface area (Å²) >= 11 is 0. The number of phosphoric ester groups is 1. The van der Waals surface area contributed by atoms with Gasteiger partial charge in [0.25, 0.3) is 0 Å². The van der Waals surface area contributed by atoms with Gasteiger partial charge in [-0.3, -0.25) is 22.5 Å². The topological polar surface area (TPSA) is 234 Å². The summed E-state index contributed by atoms with van der Waals surface area (Å²) in [6.07, 6.45) is 1.15. The summed E-state index contributed by atoms with van der Waals surface area (Å²) in [5.41, 5.74) is 0. The van der Waals surface area contributed by atoms with Crippen molar-refractivity contribution < 1.29 is 76.2 Å². The predicted molar refractivity (Wildman–Crippen MR) is 117 cm³/mol. The van der Waals surface area contributed by atoms with E-state index in [0.29, 0.717) is 19.8 Å². The Bertz CT molecular complexity index is 336. The van der Waals surface area contributed by atoms with Crippen LogP contribution in [0.1, 0.15) is 81.6 Å². The molecule has 0 aromatic rings. The molecular weight excluding hydrogens is 546 g/mol. The zero-order valence-electron chi connectivity index (χ0n) is 21.8. The second kappa shape index (κ2) is 54.6. The Kier molecular flexibility index (Phi) is 104. The molecule has 0 rings (SSSR count). The van der Waals surface area contributed by atoms with E-state index in [9.17, 15) is 19.9 Å². The molecule has 0 spiro atoms. The molecule has 1 radical (unpaired) electrons. The largest absolute Gasteiger partial charge is 3.00 e. The van der Waals surface area contributed by atoms with Gasteiger partial charge in [0.05, 0.1) is 19.8 Å². The van der Waals surface area contributed by atoms with E-state index in [2.05, 4.69) is 0 Å². The SMILES string of the molecule is CCC(C)[O-].CCC(C)[O-].CCC(C)[O-].CCOP(=O)(OCC)OCC.O=[Si]=O.[Al+3].[Cr+3].[O-2].[O-2].[O-2]. The molecule has 0 aliphatic rings. The quantitative estimate of drug-likeness (QED) is 0.278. The predicted octanol–water partition coefficient (Wildman–Crippen LogP) is 1.28. The van der Waals surface area contributed by atoms with Gasteiger partial charge < -0.3 is 31.7 Å². The normalized spacial score (nSPS) is 10.7. The van der Waals surface area contributed by atoms with Crippen molar-refractivity contribution in [3.05, 3.63) is 0 Å². The van der Waals surface area contributed by atoms with Gasteiger partial charge in [0, 0.05) is 0 Å². The van der Waals surface area contributed by atoms with Gasteiger partial charge in [0.1, 0.15) is 0 Å². The molecule has 0 amide bonds. The average molecular weight is 589 g/mol. The van der Waals surface area contributed by atoms with Crippen molar-refractivity contribution in [3.8, 4) is 0 Å². The van der Waals surface area contributed by atoms with E-state index in [1.807, 2.05) is 20.8 Å². The molecule has 0 aromatic carbocycles. The fraction of sp³-hybridized carbons (Fsp3) is 1.00. The van der Waals surface area contributed by atoms with Crippen LogP contribution in [0, 0.1) is 0 Å². The van der Waals surface area contributed by atoms with Gasteiger partial charge in [-0.1, -0.05) is 60.8 Å². The van der Waals surface area contributed by atoms with Crippen molar-refractivity contribution in [2.24, 2.45) is 0 Å². The minimum absolute atomic E-state index is 0. The Morgan fingerprint density at radius 2 is 0.765 bits per heavy atom. The van der Waals surface area contributed by atoms with Gasteiger partial charge in [-0.25, -0.2) is 4.57 Å². The van der Waals surface area contributed by atoms with Crippen molar-refractivity contribution in [2.75, 3.05) is 19.8 Å². The number of hydrogen-bond acceptors (Lipinski definition) is 9. The van der Waals surface area contributed by atoms with E-state index in [-0.39, 0.29) is 69.5 Å². The fourth-order valence-corrected chi connectivity index (χ4v) is 1.76. The summed E-state index contributed by atoms with van der Waals surface area (Å²) in [6, 6.07) is 0. The van der Waals surface area contributed by atoms with E-state index in [4.69, 9.17) is 22.5 Å². The van der Waals surface area contributed by atoms with Crippen molar-refractivity contribution in [1.82, 2.24) is 0 Å². The van der Waals surface area contributed by atoms with Gasteiger partial charge in [-0.05, 0) is 20.8 Å². The number of phosphoric acid groups is 1. The Labute approximate surface area is 229 Å². The van der Waals surface area contributed by atoms with Crippen LogP contribution in [0.3, 0.4) is 0 Å². The molecule has 0 N–H and O–H groups in total. The van der Waals surface area contributed by atoms with Crippen molar-refractivity contribution in [1.29, 1.82) is 0 Å². The second-order valence-corrected chi connectivity index (χ2v) is 7.28. The van der Waals surface area contributed by atoms with Crippen LogP contribution in [0.25, 0.3) is 0 Å². The molecule has 0 heterocycles. The van der Waals surface area contributed by atoms with Crippen LogP contribution < -0.4 is 15.3 Å². The Morgan fingerprint density at radius 3 is 0.824 bits per heavy atom. The zero-order valence-corrected chi connectivity index (χ0v) is 26.1. The molecule has 0 fully saturated rings. The van der Waals surface area contributed by atoms with Crippen LogP contribution in [-0.2, 0) is 60.8 Å². The summed E-state index contributed by atoms with van der Waals surface area (Å²) in [5.74, 6) is 0. The molecule has 16 heteroatoms. The second-order valence-electron chi connectivity index (χ2n) is 5.44. The van der Waals surface area contributed by atoms with Crippen LogP contribution >= 0.6 is 7.82 Å². The Balaban J connectivity index is -0.0000000274. The van der Waals surface area contributed by atoms with Crippen LogP contribution in [0.15, 0.2) is 0 Å². The first-order valence-electron chi connectivity index (χ1n) is 9.91. The maximum absolute atomic E-state index is 11.3. The van der Waals surface area contributed by atoms with Gasteiger partial charge in [-0.15, -0.1) is 18.3 Å². The third-order valence-electron chi connectivity index (χ3n) is 2.59. The molecule has 34 heavy (non-hydrogen) atoms. The molecular formula is C18H42AlCrO12PSi-3. The average Bonchev–Trinajstić information content (AvgIpc) is 2.64. The zero-order chi connectivity index (χ0) is 24.3. The smallest absolute Gasteiger partial charge is 2.00 e. The van der Waals surface area contributed by atoms with Crippen molar-refractivity contribution >= 4 is 34.5 Å². The molecule has 0 aliphatic heterocycles. The first kappa shape index (κ1) is 64.6. The molecule has 3 atom stereocenters. The Hall–Kier alpha value is 0.752. The van der Waals surface area contributed by atoms with E-state index < -0.39 is 17.1 Å². The van der Waals surface area contributed by atoms with Gasteiger partial charge in [0.15, 0.2) is 0 Å². The number of rotatable bonds is 9. The van der Waals surface area contributed by atoms with E-state index in [1.54, 1.807) is 41.5 Å². The molecule has 0 saturated heterocycles. The third-order valence-corrected chi connectivity index (χ3v) is 4.31. The monoisotopic (exact) mass is 588 g/mol. The van der Waals surface area contributed by atoms with Gasteiger partial charge >= 0.3 is 51.8 Å². The fourth-order valence-electron chi connectivity index (χ4n) is 0.586. The van der Waals surface area contributed by atoms with Gasteiger partial charge in [-0.2, -0.15) is 0 Å². The van der Waals surface area contributed by atoms with Crippen LogP contribution in [0.4, 0.5) is 0 Å². The molecule has 0 aliphatic carbocycles. The van der Waals surface area contributed by atoms with E-state index in [0.717, 1.165) is 19.3 Å². The number of hydrogen-bond donors (Lipinski definition) is 0. The molecule has 3 unspecified atom stereocenters. The van der Waals surface area contributed by atoms with E-state index >= 15 is 0 Å². The molecule has 0 aromatic heterocycles. The van der Waals surface area contributed by atoms with E-state index in [1.165, 1.54) is 0 Å². The standard InChI is InChI=1S/C6H15O4P.3C4H9O.Al.Cr.O2Si.3O/c1-4-8-11(7,9-5-2)10-6-3;3*1-3-4(2)5;;;1-3-2;;;/h4-6H2,1-3H3;3*4H,3H2,1-2H3;;;;;;/q;3*-1;2*+3;;3*-2. The minimum atomic E-state index is -3.22. The maximum atomic E-state index is 11.3. The molecule has 207 valence electrons.